The molecule has 3 N–H and O–H groups in total. The lowest BCUT2D eigenvalue weighted by Gasteiger charge is -2.37. The summed E-state index contributed by atoms with van der Waals surface area (Å²) in [5.41, 5.74) is 5.31. The van der Waals surface area contributed by atoms with Gasteiger partial charge in [-0.15, -0.1) is 0 Å². The molecule has 0 radical (unpaired) electrons. The van der Waals surface area contributed by atoms with E-state index < -0.39 is 10.0 Å². The number of nitrogens with zero attached hydrogens (tertiary/aromatic N) is 2. The fraction of sp³-hybridized carbons (Fsp3) is 1.00. The van der Waals surface area contributed by atoms with E-state index in [0.717, 1.165) is 19.6 Å². The van der Waals surface area contributed by atoms with Crippen LogP contribution in [0, 0.1) is 0 Å². The van der Waals surface area contributed by atoms with Crippen LogP contribution in [0.1, 0.15) is 6.42 Å². The van der Waals surface area contributed by atoms with Crippen LogP contribution in [0.5, 0.6) is 0 Å². The van der Waals surface area contributed by atoms with E-state index in [-0.39, 0.29) is 11.8 Å². The highest BCUT2D eigenvalue weighted by molar-refractivity contribution is 7.89. The van der Waals surface area contributed by atoms with Crippen LogP contribution in [0.4, 0.5) is 0 Å². The third kappa shape index (κ3) is 5.31. The predicted molar refractivity (Wildman–Crippen MR) is 69.4 cm³/mol. The summed E-state index contributed by atoms with van der Waals surface area (Å²) in [7, 11) is 0.933. The molecule has 0 saturated carbocycles. The summed E-state index contributed by atoms with van der Waals surface area (Å²) in [6.45, 7) is 3.80. The molecule has 1 heterocycles. The van der Waals surface area contributed by atoms with Gasteiger partial charge in [0.25, 0.3) is 0 Å². The SMILES string of the molecule is CN1CCN(C)C(CNS(=O)(=O)CCCN)C1. The highest BCUT2D eigenvalue weighted by atomic mass is 32.2. The van der Waals surface area contributed by atoms with Gasteiger partial charge in [-0.25, -0.2) is 13.1 Å². The Morgan fingerprint density at radius 3 is 2.71 bits per heavy atom. The predicted octanol–water partition coefficient (Wildman–Crippen LogP) is -1.50. The van der Waals surface area contributed by atoms with E-state index in [1.54, 1.807) is 0 Å². The third-order valence-corrected chi connectivity index (χ3v) is 4.57. The van der Waals surface area contributed by atoms with Gasteiger partial charge in [-0.2, -0.15) is 0 Å². The number of hydrogen-bond donors (Lipinski definition) is 2. The summed E-state index contributed by atoms with van der Waals surface area (Å²) in [6, 6.07) is 0.251. The molecule has 0 aromatic rings. The number of nitrogens with two attached hydrogens (primary N) is 1. The Kier molecular flexibility index (Phi) is 5.81. The standard InChI is InChI=1S/C10H24N4O2S/c1-13-5-6-14(2)10(9-13)8-12-17(15,16)7-3-4-11/h10,12H,3-9,11H2,1-2H3. The molecule has 7 heteroatoms. The number of piperazine rings is 1. The molecule has 0 amide bonds. The Morgan fingerprint density at radius 2 is 2.06 bits per heavy atom. The van der Waals surface area contributed by atoms with Crippen molar-refractivity contribution in [2.45, 2.75) is 12.5 Å². The van der Waals surface area contributed by atoms with E-state index in [4.69, 9.17) is 5.73 Å². The largest absolute Gasteiger partial charge is 0.330 e. The maximum Gasteiger partial charge on any atom is 0.211 e. The molecular formula is C10H24N4O2S. The van der Waals surface area contributed by atoms with Gasteiger partial charge in [0.1, 0.15) is 0 Å². The minimum Gasteiger partial charge on any atom is -0.330 e. The van der Waals surface area contributed by atoms with Gasteiger partial charge < -0.3 is 10.6 Å². The molecule has 102 valence electrons. The second kappa shape index (κ2) is 6.65. The summed E-state index contributed by atoms with van der Waals surface area (Å²) in [6.07, 6.45) is 0.510. The molecule has 17 heavy (non-hydrogen) atoms. The minimum atomic E-state index is -3.16. The molecule has 0 aromatic heterocycles. The first-order valence-electron chi connectivity index (χ1n) is 6.01. The van der Waals surface area contributed by atoms with E-state index in [9.17, 15) is 8.42 Å². The molecule has 1 fully saturated rings. The van der Waals surface area contributed by atoms with Crippen molar-refractivity contribution in [2.24, 2.45) is 5.73 Å². The van der Waals surface area contributed by atoms with Crippen molar-refractivity contribution in [1.29, 1.82) is 0 Å². The topological polar surface area (TPSA) is 78.7 Å². The van der Waals surface area contributed by atoms with Crippen LogP contribution in [0.15, 0.2) is 0 Å². The average molecular weight is 264 g/mol. The van der Waals surface area contributed by atoms with E-state index in [2.05, 4.69) is 21.6 Å². The van der Waals surface area contributed by atoms with Crippen molar-refractivity contribution in [3.63, 3.8) is 0 Å². The monoisotopic (exact) mass is 264 g/mol. The number of hydrogen-bond acceptors (Lipinski definition) is 5. The summed E-state index contributed by atoms with van der Waals surface area (Å²) >= 11 is 0. The first kappa shape index (κ1) is 14.8. The van der Waals surface area contributed by atoms with Crippen molar-refractivity contribution < 1.29 is 8.42 Å². The second-order valence-corrected chi connectivity index (χ2v) is 6.63. The Balaban J connectivity index is 2.38. The van der Waals surface area contributed by atoms with E-state index in [1.165, 1.54) is 0 Å². The van der Waals surface area contributed by atoms with Crippen molar-refractivity contribution >= 4 is 10.0 Å². The quantitative estimate of drug-likeness (QED) is 0.610. The maximum absolute atomic E-state index is 11.6. The lowest BCUT2D eigenvalue weighted by atomic mass is 10.2. The summed E-state index contributed by atoms with van der Waals surface area (Å²) in [4.78, 5) is 4.42. The normalized spacial score (nSPS) is 24.1. The van der Waals surface area contributed by atoms with Gasteiger partial charge in [-0.3, -0.25) is 4.90 Å². The molecule has 1 aliphatic heterocycles. The van der Waals surface area contributed by atoms with Gasteiger partial charge in [-0.1, -0.05) is 0 Å². The Bertz CT molecular complexity index is 320. The molecule has 6 nitrogen and oxygen atoms in total. The minimum absolute atomic E-state index is 0.121. The van der Waals surface area contributed by atoms with Gasteiger partial charge in [0.15, 0.2) is 0 Å². The van der Waals surface area contributed by atoms with Gasteiger partial charge in [0, 0.05) is 32.2 Å². The Morgan fingerprint density at radius 1 is 1.35 bits per heavy atom. The van der Waals surface area contributed by atoms with E-state index in [0.29, 0.717) is 19.5 Å². The molecule has 1 saturated heterocycles. The van der Waals surface area contributed by atoms with Gasteiger partial charge >= 0.3 is 0 Å². The molecular weight excluding hydrogens is 240 g/mol. The molecule has 1 aliphatic rings. The second-order valence-electron chi connectivity index (χ2n) is 4.71. The van der Waals surface area contributed by atoms with Crippen molar-refractivity contribution in [3.8, 4) is 0 Å². The van der Waals surface area contributed by atoms with Crippen LogP contribution in [0.2, 0.25) is 0 Å². The first-order chi connectivity index (χ1) is 7.94. The Labute approximate surface area is 104 Å². The molecule has 1 unspecified atom stereocenters. The molecule has 0 spiro atoms. The van der Waals surface area contributed by atoms with Crippen molar-refractivity contribution in [3.05, 3.63) is 0 Å². The number of rotatable bonds is 6. The molecule has 0 aromatic carbocycles. The van der Waals surface area contributed by atoms with Crippen LogP contribution in [-0.2, 0) is 10.0 Å². The fourth-order valence-electron chi connectivity index (χ4n) is 1.89. The van der Waals surface area contributed by atoms with Crippen LogP contribution in [-0.4, -0.2) is 76.8 Å². The number of nitrogens with one attached hydrogen (secondary N) is 1. The highest BCUT2D eigenvalue weighted by Gasteiger charge is 2.23. The molecule has 1 rings (SSSR count). The zero-order chi connectivity index (χ0) is 12.9. The molecule has 0 aliphatic carbocycles. The Hall–Kier alpha value is -0.210. The van der Waals surface area contributed by atoms with Crippen molar-refractivity contribution in [2.75, 3.05) is 52.6 Å². The lowest BCUT2D eigenvalue weighted by molar-refractivity contribution is 0.117. The highest BCUT2D eigenvalue weighted by Crippen LogP contribution is 2.05. The summed E-state index contributed by atoms with van der Waals surface area (Å²) in [5.74, 6) is 0.121. The maximum atomic E-state index is 11.6. The van der Waals surface area contributed by atoms with Crippen LogP contribution in [0.25, 0.3) is 0 Å². The summed E-state index contributed by atoms with van der Waals surface area (Å²) < 4.78 is 25.9. The van der Waals surface area contributed by atoms with Crippen LogP contribution < -0.4 is 10.5 Å². The van der Waals surface area contributed by atoms with Crippen LogP contribution in [0.3, 0.4) is 0 Å². The average Bonchev–Trinajstić information content (AvgIpc) is 2.28. The molecule has 0 bridgehead atoms. The lowest BCUT2D eigenvalue weighted by Crippen LogP contribution is -2.54. The van der Waals surface area contributed by atoms with Gasteiger partial charge in [0.2, 0.25) is 10.0 Å². The zero-order valence-electron chi connectivity index (χ0n) is 10.7. The fourth-order valence-corrected chi connectivity index (χ4v) is 3.03. The number of likely N-dealkylation sites (N-methyl/N-ethyl adjacent to an activating group) is 2. The van der Waals surface area contributed by atoms with Crippen molar-refractivity contribution in [1.82, 2.24) is 14.5 Å². The van der Waals surface area contributed by atoms with E-state index in [1.807, 2.05) is 7.05 Å². The van der Waals surface area contributed by atoms with Gasteiger partial charge in [-0.05, 0) is 27.1 Å². The van der Waals surface area contributed by atoms with Gasteiger partial charge in [0.05, 0.1) is 5.75 Å². The first-order valence-corrected chi connectivity index (χ1v) is 7.66. The number of sulfonamides is 1. The zero-order valence-corrected chi connectivity index (χ0v) is 11.5. The van der Waals surface area contributed by atoms with E-state index >= 15 is 0 Å². The molecule has 1 atom stereocenters. The third-order valence-electron chi connectivity index (χ3n) is 3.14. The smallest absolute Gasteiger partial charge is 0.211 e. The van der Waals surface area contributed by atoms with Crippen LogP contribution >= 0.6 is 0 Å². The summed E-state index contributed by atoms with van der Waals surface area (Å²) in [5, 5.41) is 0.